The van der Waals surface area contributed by atoms with Crippen LogP contribution in [0.15, 0.2) is 42.5 Å². The van der Waals surface area contributed by atoms with Crippen molar-refractivity contribution < 1.29 is 22.7 Å². The summed E-state index contributed by atoms with van der Waals surface area (Å²) in [7, 11) is 0. The van der Waals surface area contributed by atoms with Crippen LogP contribution in [0.4, 0.5) is 18.9 Å². The first-order valence-corrected chi connectivity index (χ1v) is 7.93. The molecule has 0 aliphatic carbocycles. The summed E-state index contributed by atoms with van der Waals surface area (Å²) in [5.74, 6) is 0.220. The Bertz CT molecular complexity index is 739. The van der Waals surface area contributed by atoms with Crippen molar-refractivity contribution >= 4 is 11.6 Å². The Balaban J connectivity index is 2.08. The van der Waals surface area contributed by atoms with Crippen LogP contribution in [-0.4, -0.2) is 12.0 Å². The molecule has 0 saturated carbocycles. The zero-order valence-electron chi connectivity index (χ0n) is 14.3. The second-order valence-corrected chi connectivity index (χ2v) is 5.78. The lowest BCUT2D eigenvalue weighted by Gasteiger charge is -2.19. The third-order valence-corrected chi connectivity index (χ3v) is 3.97. The molecule has 6 heteroatoms. The quantitative estimate of drug-likeness (QED) is 0.812. The first-order valence-electron chi connectivity index (χ1n) is 7.93. The number of rotatable bonds is 5. The monoisotopic (exact) mass is 351 g/mol. The lowest BCUT2D eigenvalue weighted by Crippen LogP contribution is -2.32. The molecule has 0 aromatic heterocycles. The van der Waals surface area contributed by atoms with Gasteiger partial charge in [0.2, 0.25) is 0 Å². The molecule has 0 fully saturated rings. The van der Waals surface area contributed by atoms with E-state index < -0.39 is 23.8 Å². The minimum absolute atomic E-state index is 0.293. The van der Waals surface area contributed by atoms with E-state index in [0.717, 1.165) is 23.3 Å². The van der Waals surface area contributed by atoms with E-state index in [9.17, 15) is 18.0 Å². The van der Waals surface area contributed by atoms with Crippen molar-refractivity contribution in [3.05, 3.63) is 59.2 Å². The molecule has 0 bridgehead atoms. The zero-order chi connectivity index (χ0) is 18.6. The fourth-order valence-electron chi connectivity index (χ4n) is 2.29. The number of carbonyl (C=O) groups is 1. The number of alkyl halides is 3. The van der Waals surface area contributed by atoms with E-state index in [1.165, 1.54) is 12.1 Å². The van der Waals surface area contributed by atoms with Crippen molar-refractivity contribution in [2.45, 2.75) is 39.5 Å². The van der Waals surface area contributed by atoms with Crippen molar-refractivity contribution in [1.29, 1.82) is 0 Å². The Kier molecular flexibility index (Phi) is 5.72. The van der Waals surface area contributed by atoms with Gasteiger partial charge in [-0.15, -0.1) is 0 Å². The minimum Gasteiger partial charge on any atom is -0.480 e. The molecular formula is C19H20F3NO2. The van der Waals surface area contributed by atoms with Gasteiger partial charge in [-0.3, -0.25) is 4.79 Å². The van der Waals surface area contributed by atoms with Gasteiger partial charge in [-0.05, 0) is 61.7 Å². The summed E-state index contributed by atoms with van der Waals surface area (Å²) in [4.78, 5) is 12.4. The van der Waals surface area contributed by atoms with Gasteiger partial charge in [-0.2, -0.15) is 13.2 Å². The van der Waals surface area contributed by atoms with Crippen LogP contribution >= 0.6 is 0 Å². The third-order valence-electron chi connectivity index (χ3n) is 3.97. The third kappa shape index (κ3) is 4.75. The van der Waals surface area contributed by atoms with E-state index in [1.807, 2.05) is 32.9 Å². The Morgan fingerprint density at radius 2 is 1.76 bits per heavy atom. The zero-order valence-corrected chi connectivity index (χ0v) is 14.3. The topological polar surface area (TPSA) is 38.3 Å². The molecule has 1 atom stereocenters. The summed E-state index contributed by atoms with van der Waals surface area (Å²) in [6.07, 6.45) is -4.71. The molecule has 0 aliphatic heterocycles. The standard InChI is InChI=1S/C19H20F3NO2/c1-4-16(25-17-7-5-6-12(2)13(17)3)18(24)23-15-10-8-14(9-11-15)19(20,21)22/h5-11,16H,4H2,1-3H3,(H,23,24)/t16-/m1/s1. The van der Waals surface area contributed by atoms with Gasteiger partial charge >= 0.3 is 6.18 Å². The molecule has 25 heavy (non-hydrogen) atoms. The molecule has 3 nitrogen and oxygen atoms in total. The summed E-state index contributed by atoms with van der Waals surface area (Å²) in [5, 5.41) is 2.59. The molecule has 0 radical (unpaired) electrons. The van der Waals surface area contributed by atoms with Gasteiger partial charge in [0.1, 0.15) is 5.75 Å². The van der Waals surface area contributed by atoms with Crippen LogP contribution in [0.1, 0.15) is 30.0 Å². The summed E-state index contributed by atoms with van der Waals surface area (Å²) >= 11 is 0. The SMILES string of the molecule is CC[C@@H](Oc1cccc(C)c1C)C(=O)Nc1ccc(C(F)(F)F)cc1. The first-order chi connectivity index (χ1) is 11.7. The van der Waals surface area contributed by atoms with Gasteiger partial charge in [0.25, 0.3) is 5.91 Å². The number of benzene rings is 2. The van der Waals surface area contributed by atoms with Gasteiger partial charge in [0.05, 0.1) is 5.56 Å². The molecular weight excluding hydrogens is 331 g/mol. The van der Waals surface area contributed by atoms with E-state index in [4.69, 9.17) is 4.74 Å². The van der Waals surface area contributed by atoms with E-state index in [0.29, 0.717) is 17.9 Å². The number of anilines is 1. The van der Waals surface area contributed by atoms with Gasteiger partial charge in [0.15, 0.2) is 6.10 Å². The van der Waals surface area contributed by atoms with E-state index >= 15 is 0 Å². The molecule has 0 heterocycles. The lowest BCUT2D eigenvalue weighted by atomic mass is 10.1. The van der Waals surface area contributed by atoms with E-state index in [1.54, 1.807) is 6.07 Å². The van der Waals surface area contributed by atoms with Crippen LogP contribution < -0.4 is 10.1 Å². The second kappa shape index (κ2) is 7.59. The van der Waals surface area contributed by atoms with Gasteiger partial charge in [-0.25, -0.2) is 0 Å². The van der Waals surface area contributed by atoms with E-state index in [-0.39, 0.29) is 0 Å². The Morgan fingerprint density at radius 3 is 2.32 bits per heavy atom. The summed E-state index contributed by atoms with van der Waals surface area (Å²) in [6, 6.07) is 9.90. The molecule has 0 spiro atoms. The number of carbonyl (C=O) groups excluding carboxylic acids is 1. The Hall–Kier alpha value is -2.50. The van der Waals surface area contributed by atoms with Gasteiger partial charge < -0.3 is 10.1 Å². The minimum atomic E-state index is -4.40. The number of hydrogen-bond acceptors (Lipinski definition) is 2. The highest BCUT2D eigenvalue weighted by Crippen LogP contribution is 2.30. The lowest BCUT2D eigenvalue weighted by molar-refractivity contribution is -0.137. The van der Waals surface area contributed by atoms with Crippen molar-refractivity contribution in [2.75, 3.05) is 5.32 Å². The van der Waals surface area contributed by atoms with Gasteiger partial charge in [-0.1, -0.05) is 19.1 Å². The molecule has 0 saturated heterocycles. The number of ether oxygens (including phenoxy) is 1. The highest BCUT2D eigenvalue weighted by Gasteiger charge is 2.30. The van der Waals surface area contributed by atoms with Crippen LogP contribution in [0.3, 0.4) is 0 Å². The maximum atomic E-state index is 12.6. The largest absolute Gasteiger partial charge is 0.480 e. The smallest absolute Gasteiger partial charge is 0.416 e. The number of hydrogen-bond donors (Lipinski definition) is 1. The van der Waals surface area contributed by atoms with E-state index in [2.05, 4.69) is 5.32 Å². The van der Waals surface area contributed by atoms with Crippen LogP contribution in [0, 0.1) is 13.8 Å². The van der Waals surface area contributed by atoms with Crippen LogP contribution in [0.25, 0.3) is 0 Å². The maximum absolute atomic E-state index is 12.6. The molecule has 134 valence electrons. The number of nitrogens with one attached hydrogen (secondary N) is 1. The molecule has 1 amide bonds. The average Bonchev–Trinajstić information content (AvgIpc) is 2.55. The molecule has 2 aromatic carbocycles. The maximum Gasteiger partial charge on any atom is 0.416 e. The fraction of sp³-hybridized carbons (Fsp3) is 0.316. The molecule has 2 aromatic rings. The summed E-state index contributed by atoms with van der Waals surface area (Å²) < 4.78 is 43.5. The number of aryl methyl sites for hydroxylation is 1. The first kappa shape index (κ1) is 18.8. The highest BCUT2D eigenvalue weighted by atomic mass is 19.4. The second-order valence-electron chi connectivity index (χ2n) is 5.78. The number of amides is 1. The summed E-state index contributed by atoms with van der Waals surface area (Å²) in [6.45, 7) is 5.67. The highest BCUT2D eigenvalue weighted by molar-refractivity contribution is 5.94. The molecule has 1 N–H and O–H groups in total. The van der Waals surface area contributed by atoms with Crippen LogP contribution in [0.5, 0.6) is 5.75 Å². The van der Waals surface area contributed by atoms with Crippen molar-refractivity contribution in [1.82, 2.24) is 0 Å². The van der Waals surface area contributed by atoms with Crippen molar-refractivity contribution in [2.24, 2.45) is 0 Å². The molecule has 2 rings (SSSR count). The molecule has 0 unspecified atom stereocenters. The van der Waals surface area contributed by atoms with Crippen LogP contribution in [0.2, 0.25) is 0 Å². The Labute approximate surface area is 144 Å². The Morgan fingerprint density at radius 1 is 1.12 bits per heavy atom. The van der Waals surface area contributed by atoms with Crippen LogP contribution in [-0.2, 0) is 11.0 Å². The normalized spacial score (nSPS) is 12.6. The number of halogens is 3. The average molecular weight is 351 g/mol. The molecule has 0 aliphatic rings. The fourth-order valence-corrected chi connectivity index (χ4v) is 2.29. The predicted octanol–water partition coefficient (Wildman–Crippen LogP) is 5.12. The van der Waals surface area contributed by atoms with Gasteiger partial charge in [0, 0.05) is 5.69 Å². The van der Waals surface area contributed by atoms with Crippen molar-refractivity contribution in [3.8, 4) is 5.75 Å². The van der Waals surface area contributed by atoms with Crippen molar-refractivity contribution in [3.63, 3.8) is 0 Å². The predicted molar refractivity (Wildman–Crippen MR) is 90.7 cm³/mol. The summed E-state index contributed by atoms with van der Waals surface area (Å²) in [5.41, 5.74) is 1.53.